The lowest BCUT2D eigenvalue weighted by Gasteiger charge is -2.28. The summed E-state index contributed by atoms with van der Waals surface area (Å²) in [4.78, 5) is 2.41. The summed E-state index contributed by atoms with van der Waals surface area (Å²) in [6.45, 7) is 0. The van der Waals surface area contributed by atoms with E-state index in [-0.39, 0.29) is 0 Å². The predicted molar refractivity (Wildman–Crippen MR) is 206 cm³/mol. The largest absolute Gasteiger partial charge is 0.456 e. The molecule has 0 amide bonds. The van der Waals surface area contributed by atoms with Gasteiger partial charge in [0.05, 0.1) is 16.7 Å². The van der Waals surface area contributed by atoms with Crippen LogP contribution in [0.4, 0.5) is 17.1 Å². The third-order valence-corrected chi connectivity index (χ3v) is 9.76. The molecule has 0 aliphatic carbocycles. The molecule has 3 heteroatoms. The minimum atomic E-state index is 0.900. The fourth-order valence-electron chi connectivity index (χ4n) is 7.60. The van der Waals surface area contributed by atoms with Gasteiger partial charge in [0, 0.05) is 44.0 Å². The molecule has 0 atom stereocenters. The average Bonchev–Trinajstić information content (AvgIpc) is 3.72. The summed E-state index contributed by atoms with van der Waals surface area (Å²) in [5.74, 6) is 0. The molecule has 0 saturated carbocycles. The van der Waals surface area contributed by atoms with E-state index < -0.39 is 0 Å². The molecular formula is C46H30N2O. The van der Waals surface area contributed by atoms with Crippen LogP contribution in [-0.4, -0.2) is 4.57 Å². The van der Waals surface area contributed by atoms with Crippen molar-refractivity contribution in [3.63, 3.8) is 0 Å². The van der Waals surface area contributed by atoms with Crippen LogP contribution in [0.3, 0.4) is 0 Å². The van der Waals surface area contributed by atoms with E-state index in [1.807, 2.05) is 12.1 Å². The van der Waals surface area contributed by atoms with Gasteiger partial charge in [-0.15, -0.1) is 0 Å². The molecule has 49 heavy (non-hydrogen) atoms. The van der Waals surface area contributed by atoms with Crippen molar-refractivity contribution in [2.24, 2.45) is 0 Å². The highest BCUT2D eigenvalue weighted by molar-refractivity contribution is 6.21. The molecule has 8 aromatic carbocycles. The van der Waals surface area contributed by atoms with Crippen molar-refractivity contribution < 1.29 is 4.42 Å². The molecule has 0 spiro atoms. The van der Waals surface area contributed by atoms with Gasteiger partial charge in [0.15, 0.2) is 0 Å². The number of hydrogen-bond donors (Lipinski definition) is 0. The Morgan fingerprint density at radius 2 is 1.04 bits per heavy atom. The number of benzene rings is 8. The van der Waals surface area contributed by atoms with Crippen molar-refractivity contribution in [2.45, 2.75) is 0 Å². The van der Waals surface area contributed by atoms with Crippen molar-refractivity contribution in [3.05, 3.63) is 182 Å². The van der Waals surface area contributed by atoms with Crippen molar-refractivity contribution in [1.29, 1.82) is 0 Å². The van der Waals surface area contributed by atoms with E-state index in [4.69, 9.17) is 4.42 Å². The molecule has 0 saturated heterocycles. The first kappa shape index (κ1) is 27.5. The molecule has 0 unspecified atom stereocenters. The Morgan fingerprint density at radius 3 is 1.92 bits per heavy atom. The average molecular weight is 627 g/mol. The van der Waals surface area contributed by atoms with Crippen molar-refractivity contribution in [3.8, 4) is 16.8 Å². The van der Waals surface area contributed by atoms with Gasteiger partial charge in [0.1, 0.15) is 11.2 Å². The van der Waals surface area contributed by atoms with Crippen molar-refractivity contribution >= 4 is 71.6 Å². The van der Waals surface area contributed by atoms with Gasteiger partial charge in [-0.05, 0) is 83.2 Å². The van der Waals surface area contributed by atoms with Crippen LogP contribution in [0.2, 0.25) is 0 Å². The summed E-state index contributed by atoms with van der Waals surface area (Å²) in [5.41, 5.74) is 10.9. The first-order chi connectivity index (χ1) is 24.3. The number of anilines is 3. The first-order valence-electron chi connectivity index (χ1n) is 16.7. The smallest absolute Gasteiger partial charge is 0.136 e. The molecule has 230 valence electrons. The molecule has 2 heterocycles. The van der Waals surface area contributed by atoms with E-state index in [0.29, 0.717) is 0 Å². The summed E-state index contributed by atoms with van der Waals surface area (Å²) >= 11 is 0. The highest BCUT2D eigenvalue weighted by atomic mass is 16.3. The minimum absolute atomic E-state index is 0.900. The minimum Gasteiger partial charge on any atom is -0.456 e. The second-order valence-corrected chi connectivity index (χ2v) is 12.6. The van der Waals surface area contributed by atoms with E-state index in [9.17, 15) is 0 Å². The lowest BCUT2D eigenvalue weighted by atomic mass is 10.0. The van der Waals surface area contributed by atoms with Crippen LogP contribution < -0.4 is 4.90 Å². The van der Waals surface area contributed by atoms with Crippen molar-refractivity contribution in [1.82, 2.24) is 4.57 Å². The Balaban J connectivity index is 1.27. The molecule has 2 aromatic heterocycles. The van der Waals surface area contributed by atoms with Gasteiger partial charge in [-0.3, -0.25) is 0 Å². The second-order valence-electron chi connectivity index (χ2n) is 12.6. The summed E-state index contributed by atoms with van der Waals surface area (Å²) in [5, 5.41) is 7.08. The van der Waals surface area contributed by atoms with Gasteiger partial charge in [-0.25, -0.2) is 0 Å². The van der Waals surface area contributed by atoms with E-state index >= 15 is 0 Å². The molecular weight excluding hydrogens is 597 g/mol. The highest BCUT2D eigenvalue weighted by Crippen LogP contribution is 2.45. The normalized spacial score (nSPS) is 11.7. The molecule has 0 N–H and O–H groups in total. The topological polar surface area (TPSA) is 21.3 Å². The Hall–Kier alpha value is -6.58. The fourth-order valence-corrected chi connectivity index (χ4v) is 7.60. The summed E-state index contributed by atoms with van der Waals surface area (Å²) in [6, 6.07) is 65.0. The van der Waals surface area contributed by atoms with Crippen LogP contribution in [-0.2, 0) is 0 Å². The zero-order chi connectivity index (χ0) is 32.3. The molecule has 10 aromatic rings. The summed E-state index contributed by atoms with van der Waals surface area (Å²) < 4.78 is 8.70. The van der Waals surface area contributed by atoms with E-state index in [1.54, 1.807) is 0 Å². The maximum absolute atomic E-state index is 6.31. The number of nitrogens with zero attached hydrogens (tertiary/aromatic N) is 2. The number of furan rings is 1. The van der Waals surface area contributed by atoms with Crippen LogP contribution >= 0.6 is 0 Å². The maximum atomic E-state index is 6.31. The van der Waals surface area contributed by atoms with Crippen LogP contribution in [0.1, 0.15) is 0 Å². The summed E-state index contributed by atoms with van der Waals surface area (Å²) in [6.07, 6.45) is 0. The number of aromatic nitrogens is 1. The third-order valence-electron chi connectivity index (χ3n) is 9.76. The standard InChI is InChI=1S/C46H30N2O/c1-3-13-31(14-4-1)32-15-11-18-34(29-32)47(41-23-12-21-39-38(41)27-28-45-46(39)40-20-8-10-24-44(40)49-45)35-25-26-37-36-19-7-9-22-42(36)48(43(37)30-35)33-16-5-2-6-17-33/h1-30H. The quantitative estimate of drug-likeness (QED) is 0.190. The lowest BCUT2D eigenvalue weighted by molar-refractivity contribution is 0.669. The Morgan fingerprint density at radius 1 is 0.388 bits per heavy atom. The number of fused-ring (bicyclic) bond motifs is 8. The number of rotatable bonds is 5. The maximum Gasteiger partial charge on any atom is 0.136 e. The third kappa shape index (κ3) is 4.37. The molecule has 0 aliphatic rings. The SMILES string of the molecule is c1ccc(-c2cccc(N(c3ccc4c5ccccc5n(-c5ccccc5)c4c3)c3cccc4c3ccc3oc5ccccc5c34)c2)cc1. The van der Waals surface area contributed by atoms with Gasteiger partial charge in [0.2, 0.25) is 0 Å². The predicted octanol–water partition coefficient (Wildman–Crippen LogP) is 13.0. The van der Waals surface area contributed by atoms with E-state index in [1.165, 1.54) is 32.8 Å². The van der Waals surface area contributed by atoms with Crippen LogP contribution in [0.15, 0.2) is 186 Å². The molecule has 10 rings (SSSR count). The lowest BCUT2D eigenvalue weighted by Crippen LogP contribution is -2.11. The zero-order valence-electron chi connectivity index (χ0n) is 26.6. The highest BCUT2D eigenvalue weighted by Gasteiger charge is 2.21. The Kier molecular flexibility index (Phi) is 6.18. The number of para-hydroxylation sites is 3. The van der Waals surface area contributed by atoms with E-state index in [0.717, 1.165) is 55.6 Å². The van der Waals surface area contributed by atoms with Gasteiger partial charge >= 0.3 is 0 Å². The second kappa shape index (κ2) is 11.0. The fraction of sp³-hybridized carbons (Fsp3) is 0. The Labute approximate surface area is 283 Å². The molecule has 3 nitrogen and oxygen atoms in total. The monoisotopic (exact) mass is 626 g/mol. The van der Waals surface area contributed by atoms with Gasteiger partial charge < -0.3 is 13.9 Å². The van der Waals surface area contributed by atoms with E-state index in [2.05, 4.69) is 179 Å². The Bertz CT molecular complexity index is 2830. The molecule has 0 fully saturated rings. The molecule has 0 aliphatic heterocycles. The van der Waals surface area contributed by atoms with Gasteiger partial charge in [0.25, 0.3) is 0 Å². The van der Waals surface area contributed by atoms with Gasteiger partial charge in [-0.1, -0.05) is 115 Å². The number of hydrogen-bond acceptors (Lipinski definition) is 2. The van der Waals surface area contributed by atoms with Gasteiger partial charge in [-0.2, -0.15) is 0 Å². The molecule has 0 bridgehead atoms. The van der Waals surface area contributed by atoms with Crippen molar-refractivity contribution in [2.75, 3.05) is 4.90 Å². The van der Waals surface area contributed by atoms with Crippen LogP contribution in [0, 0.1) is 0 Å². The molecule has 0 radical (unpaired) electrons. The van der Waals surface area contributed by atoms with Crippen LogP contribution in [0.25, 0.3) is 71.3 Å². The summed E-state index contributed by atoms with van der Waals surface area (Å²) in [7, 11) is 0. The first-order valence-corrected chi connectivity index (χ1v) is 16.7. The zero-order valence-corrected chi connectivity index (χ0v) is 26.6. The van der Waals surface area contributed by atoms with Crippen LogP contribution in [0.5, 0.6) is 0 Å².